The maximum atomic E-state index is 11.6. The molecule has 0 aromatic heterocycles. The van der Waals surface area contributed by atoms with Crippen LogP contribution in [-0.4, -0.2) is 67.9 Å². The van der Waals surface area contributed by atoms with E-state index in [1.807, 2.05) is 12.1 Å². The number of rotatable bonds is 7. The van der Waals surface area contributed by atoms with Crippen LogP contribution in [0.15, 0.2) is 24.3 Å². The Labute approximate surface area is 179 Å². The lowest BCUT2D eigenvalue weighted by atomic mass is 10.1. The van der Waals surface area contributed by atoms with Gasteiger partial charge in [0.2, 0.25) is 11.8 Å². The molecule has 156 valence electrons. The Morgan fingerprint density at radius 1 is 0.926 bits per heavy atom. The summed E-state index contributed by atoms with van der Waals surface area (Å²) in [5.41, 5.74) is 7.48. The summed E-state index contributed by atoms with van der Waals surface area (Å²) in [6, 6.07) is 8.28. The van der Waals surface area contributed by atoms with Gasteiger partial charge in [-0.3, -0.25) is 14.5 Å². The third kappa shape index (κ3) is 10.7. The first kappa shape index (κ1) is 28.1. The number of amides is 2. The number of likely N-dealkylation sites (N-methyl/N-ethyl adjacent to an activating group) is 1. The molecular formula is C17H30Cl3N5O2. The smallest absolute Gasteiger partial charge is 0.239 e. The van der Waals surface area contributed by atoms with Crippen molar-refractivity contribution < 1.29 is 9.59 Å². The molecule has 2 rings (SSSR count). The van der Waals surface area contributed by atoms with Crippen molar-refractivity contribution in [3.05, 3.63) is 35.4 Å². The second kappa shape index (κ2) is 14.9. The molecule has 27 heavy (non-hydrogen) atoms. The quantitative estimate of drug-likeness (QED) is 0.568. The monoisotopic (exact) mass is 441 g/mol. The molecule has 0 unspecified atom stereocenters. The highest BCUT2D eigenvalue weighted by atomic mass is 35.5. The third-order valence-electron chi connectivity index (χ3n) is 4.15. The van der Waals surface area contributed by atoms with Crippen LogP contribution in [0.4, 0.5) is 0 Å². The van der Waals surface area contributed by atoms with Crippen molar-refractivity contribution in [2.24, 2.45) is 5.73 Å². The van der Waals surface area contributed by atoms with Crippen molar-refractivity contribution in [3.8, 4) is 0 Å². The van der Waals surface area contributed by atoms with Gasteiger partial charge in [0.25, 0.3) is 0 Å². The Morgan fingerprint density at radius 3 is 2.04 bits per heavy atom. The highest BCUT2D eigenvalue weighted by molar-refractivity contribution is 5.86. The van der Waals surface area contributed by atoms with E-state index in [0.29, 0.717) is 6.54 Å². The summed E-state index contributed by atoms with van der Waals surface area (Å²) in [4.78, 5) is 27.4. The van der Waals surface area contributed by atoms with Gasteiger partial charge in [0, 0.05) is 39.3 Å². The number of nitrogens with two attached hydrogens (primary N) is 1. The fraction of sp³-hybridized carbons (Fsp3) is 0.529. The summed E-state index contributed by atoms with van der Waals surface area (Å²) in [6.07, 6.45) is 0. The van der Waals surface area contributed by atoms with Gasteiger partial charge in [-0.15, -0.1) is 37.2 Å². The van der Waals surface area contributed by atoms with E-state index in [-0.39, 0.29) is 62.1 Å². The minimum Gasteiger partial charge on any atom is -0.350 e. The second-order valence-corrected chi connectivity index (χ2v) is 6.15. The SMILES string of the molecule is CN1CCN(Cc2ccc(CNC(=O)CNC(=O)CN)cc2)CC1.Cl.Cl.Cl. The molecule has 0 atom stereocenters. The molecule has 1 fully saturated rings. The van der Waals surface area contributed by atoms with Crippen molar-refractivity contribution in [2.75, 3.05) is 46.3 Å². The van der Waals surface area contributed by atoms with Crippen LogP contribution >= 0.6 is 37.2 Å². The minimum atomic E-state index is -0.335. The van der Waals surface area contributed by atoms with Crippen molar-refractivity contribution in [1.29, 1.82) is 0 Å². The number of carbonyl (C=O) groups is 2. The van der Waals surface area contributed by atoms with E-state index in [2.05, 4.69) is 39.6 Å². The van der Waals surface area contributed by atoms with Crippen LogP contribution in [0.25, 0.3) is 0 Å². The van der Waals surface area contributed by atoms with Gasteiger partial charge in [0.1, 0.15) is 0 Å². The third-order valence-corrected chi connectivity index (χ3v) is 4.15. The zero-order valence-corrected chi connectivity index (χ0v) is 17.9. The lowest BCUT2D eigenvalue weighted by Gasteiger charge is -2.32. The van der Waals surface area contributed by atoms with E-state index in [1.165, 1.54) is 5.56 Å². The average Bonchev–Trinajstić information content (AvgIpc) is 2.61. The normalized spacial score (nSPS) is 14.1. The fourth-order valence-corrected chi connectivity index (χ4v) is 2.54. The molecule has 0 spiro atoms. The van der Waals surface area contributed by atoms with Crippen LogP contribution in [0.1, 0.15) is 11.1 Å². The van der Waals surface area contributed by atoms with E-state index in [9.17, 15) is 9.59 Å². The number of piperazine rings is 1. The molecule has 0 aliphatic carbocycles. The van der Waals surface area contributed by atoms with Crippen LogP contribution in [0.5, 0.6) is 0 Å². The predicted octanol–water partition coefficient (Wildman–Crippen LogP) is 0.391. The Morgan fingerprint density at radius 2 is 1.48 bits per heavy atom. The van der Waals surface area contributed by atoms with Gasteiger partial charge < -0.3 is 21.3 Å². The van der Waals surface area contributed by atoms with Crippen LogP contribution < -0.4 is 16.4 Å². The molecule has 1 aliphatic rings. The summed E-state index contributed by atoms with van der Waals surface area (Å²) in [6.45, 7) is 5.69. The molecule has 1 heterocycles. The van der Waals surface area contributed by atoms with Crippen LogP contribution in [-0.2, 0) is 22.7 Å². The van der Waals surface area contributed by atoms with Crippen LogP contribution in [0, 0.1) is 0 Å². The predicted molar refractivity (Wildman–Crippen MR) is 115 cm³/mol. The Balaban J connectivity index is 0. The number of hydrogen-bond donors (Lipinski definition) is 3. The molecule has 0 radical (unpaired) electrons. The van der Waals surface area contributed by atoms with Gasteiger partial charge in [-0.25, -0.2) is 0 Å². The number of nitrogens with one attached hydrogen (secondary N) is 2. The molecule has 1 aromatic carbocycles. The Kier molecular flexibility index (Phi) is 15.5. The van der Waals surface area contributed by atoms with Crippen molar-refractivity contribution >= 4 is 49.0 Å². The number of carbonyl (C=O) groups excluding carboxylic acids is 2. The standard InChI is InChI=1S/C17H27N5O2.3ClH/c1-21-6-8-22(9-7-21)13-15-4-2-14(3-5-15)11-19-17(24)12-20-16(23)10-18;;;/h2-5H,6-13,18H2,1H3,(H,19,24)(H,20,23);3*1H. The lowest BCUT2D eigenvalue weighted by molar-refractivity contribution is -0.125. The number of benzene rings is 1. The zero-order chi connectivity index (χ0) is 17.4. The van der Waals surface area contributed by atoms with Gasteiger partial charge in [-0.2, -0.15) is 0 Å². The van der Waals surface area contributed by atoms with E-state index < -0.39 is 0 Å². The molecule has 10 heteroatoms. The molecule has 0 bridgehead atoms. The van der Waals surface area contributed by atoms with Crippen molar-refractivity contribution in [3.63, 3.8) is 0 Å². The zero-order valence-electron chi connectivity index (χ0n) is 15.5. The summed E-state index contributed by atoms with van der Waals surface area (Å²) < 4.78 is 0. The van der Waals surface area contributed by atoms with Gasteiger partial charge in [0.15, 0.2) is 0 Å². The van der Waals surface area contributed by atoms with Gasteiger partial charge >= 0.3 is 0 Å². The highest BCUT2D eigenvalue weighted by Gasteiger charge is 2.13. The number of hydrogen-bond acceptors (Lipinski definition) is 5. The highest BCUT2D eigenvalue weighted by Crippen LogP contribution is 2.09. The molecular weight excluding hydrogens is 413 g/mol. The second-order valence-electron chi connectivity index (χ2n) is 6.15. The first-order valence-electron chi connectivity index (χ1n) is 8.29. The van der Waals surface area contributed by atoms with Crippen molar-refractivity contribution in [2.45, 2.75) is 13.1 Å². The molecule has 1 aromatic rings. The number of halogens is 3. The molecule has 2 amide bonds. The van der Waals surface area contributed by atoms with E-state index in [4.69, 9.17) is 5.73 Å². The van der Waals surface area contributed by atoms with Crippen LogP contribution in [0.2, 0.25) is 0 Å². The summed E-state index contributed by atoms with van der Waals surface area (Å²) in [7, 11) is 2.15. The summed E-state index contributed by atoms with van der Waals surface area (Å²) in [5.74, 6) is -0.559. The largest absolute Gasteiger partial charge is 0.350 e. The maximum Gasteiger partial charge on any atom is 0.239 e. The first-order valence-corrected chi connectivity index (χ1v) is 8.29. The van der Waals surface area contributed by atoms with Gasteiger partial charge in [-0.1, -0.05) is 24.3 Å². The minimum absolute atomic E-state index is 0. The molecule has 4 N–H and O–H groups in total. The lowest BCUT2D eigenvalue weighted by Crippen LogP contribution is -2.43. The van der Waals surface area contributed by atoms with Crippen LogP contribution in [0.3, 0.4) is 0 Å². The van der Waals surface area contributed by atoms with Crippen molar-refractivity contribution in [1.82, 2.24) is 20.4 Å². The summed E-state index contributed by atoms with van der Waals surface area (Å²) >= 11 is 0. The Hall–Kier alpha value is -1.09. The van der Waals surface area contributed by atoms with Gasteiger partial charge in [0.05, 0.1) is 13.1 Å². The first-order chi connectivity index (χ1) is 11.6. The molecule has 1 saturated heterocycles. The van der Waals surface area contributed by atoms with E-state index >= 15 is 0 Å². The molecule has 0 saturated carbocycles. The molecule has 1 aliphatic heterocycles. The Bertz CT molecular complexity index is 552. The summed E-state index contributed by atoms with van der Waals surface area (Å²) in [5, 5.41) is 5.21. The topological polar surface area (TPSA) is 90.7 Å². The van der Waals surface area contributed by atoms with E-state index in [0.717, 1.165) is 38.3 Å². The fourth-order valence-electron chi connectivity index (χ4n) is 2.54. The maximum absolute atomic E-state index is 11.6. The average molecular weight is 443 g/mol. The van der Waals surface area contributed by atoms with Gasteiger partial charge in [-0.05, 0) is 18.2 Å². The number of nitrogens with zero attached hydrogens (tertiary/aromatic N) is 2. The van der Waals surface area contributed by atoms with E-state index in [1.54, 1.807) is 0 Å². The molecule has 7 nitrogen and oxygen atoms in total.